The van der Waals surface area contributed by atoms with Crippen LogP contribution >= 0.6 is 11.6 Å². The van der Waals surface area contributed by atoms with Crippen LogP contribution < -0.4 is 5.32 Å². The highest BCUT2D eigenvalue weighted by atomic mass is 35.5. The molecule has 1 aliphatic carbocycles. The molecule has 10 heteroatoms. The molecular weight excluding hydrogens is 537 g/mol. The number of hydrogen-bond donors (Lipinski definition) is 1. The van der Waals surface area contributed by atoms with Gasteiger partial charge in [0.05, 0.1) is 33.1 Å². The largest absolute Gasteiger partial charge is 0.351 e. The van der Waals surface area contributed by atoms with E-state index in [1.54, 1.807) is 24.4 Å². The van der Waals surface area contributed by atoms with E-state index in [0.29, 0.717) is 34.8 Å². The van der Waals surface area contributed by atoms with Crippen molar-refractivity contribution in [2.75, 3.05) is 19.4 Å². The van der Waals surface area contributed by atoms with E-state index in [-0.39, 0.29) is 15.5 Å². The van der Waals surface area contributed by atoms with Crippen LogP contribution in [0.1, 0.15) is 36.8 Å². The first kappa shape index (κ1) is 27.4. The highest BCUT2D eigenvalue weighted by molar-refractivity contribution is 7.90. The zero-order chi connectivity index (χ0) is 27.7. The van der Waals surface area contributed by atoms with Crippen LogP contribution in [-0.4, -0.2) is 54.4 Å². The van der Waals surface area contributed by atoms with Crippen molar-refractivity contribution >= 4 is 38.4 Å². The van der Waals surface area contributed by atoms with Crippen LogP contribution in [0, 0.1) is 12.7 Å². The quantitative estimate of drug-likeness (QED) is 0.291. The van der Waals surface area contributed by atoms with E-state index in [0.717, 1.165) is 36.8 Å². The maximum Gasteiger partial charge on any atom is 0.223 e. The van der Waals surface area contributed by atoms with Gasteiger partial charge in [0.2, 0.25) is 5.95 Å². The molecule has 0 spiro atoms. The Labute approximate surface area is 233 Å². The zero-order valence-electron chi connectivity index (χ0n) is 22.2. The molecule has 1 aliphatic rings. The number of rotatable bonds is 7. The summed E-state index contributed by atoms with van der Waals surface area (Å²) in [7, 11) is 0.446. The van der Waals surface area contributed by atoms with Crippen LogP contribution in [0.15, 0.2) is 59.6 Å². The predicted molar refractivity (Wildman–Crippen MR) is 153 cm³/mol. The number of benzene rings is 2. The summed E-state index contributed by atoms with van der Waals surface area (Å²) in [4.78, 5) is 16.2. The van der Waals surface area contributed by atoms with Gasteiger partial charge in [-0.3, -0.25) is 0 Å². The van der Waals surface area contributed by atoms with E-state index in [4.69, 9.17) is 16.6 Å². The number of pyridine rings is 1. The lowest BCUT2D eigenvalue weighted by molar-refractivity contribution is 0.221. The molecule has 0 amide bonds. The van der Waals surface area contributed by atoms with Gasteiger partial charge in [-0.15, -0.1) is 0 Å². The Morgan fingerprint density at radius 1 is 1.05 bits per heavy atom. The van der Waals surface area contributed by atoms with Crippen LogP contribution in [0.25, 0.3) is 22.3 Å². The lowest BCUT2D eigenvalue weighted by Crippen LogP contribution is -2.36. The Morgan fingerprint density at radius 3 is 2.49 bits per heavy atom. The van der Waals surface area contributed by atoms with E-state index in [1.807, 2.05) is 13.0 Å². The van der Waals surface area contributed by atoms with Gasteiger partial charge in [0.15, 0.2) is 9.84 Å². The smallest absolute Gasteiger partial charge is 0.223 e. The maximum absolute atomic E-state index is 15.1. The van der Waals surface area contributed by atoms with Crippen molar-refractivity contribution in [3.05, 3.63) is 76.7 Å². The van der Waals surface area contributed by atoms with Crippen LogP contribution in [0.4, 0.5) is 10.3 Å². The first-order valence-corrected chi connectivity index (χ1v) is 15.0. The highest BCUT2D eigenvalue weighted by Gasteiger charge is 2.23. The van der Waals surface area contributed by atoms with Gasteiger partial charge in [-0.1, -0.05) is 35.9 Å². The SMILES string of the molecule is Cc1cc(-c2ccc(CS(=O)(=O)c3ccccc3Cl)c(F)c2)nc2cnc(NC3CCC(N(C)C)CC3)nc12. The number of nitrogens with zero attached hydrogens (tertiary/aromatic N) is 4. The molecule has 0 aliphatic heterocycles. The van der Waals surface area contributed by atoms with Crippen LogP contribution in [0.3, 0.4) is 0 Å². The second kappa shape index (κ2) is 11.2. The molecule has 4 aromatic rings. The van der Waals surface area contributed by atoms with Crippen molar-refractivity contribution in [3.63, 3.8) is 0 Å². The van der Waals surface area contributed by atoms with Gasteiger partial charge in [-0.2, -0.15) is 0 Å². The monoisotopic (exact) mass is 567 g/mol. The molecule has 7 nitrogen and oxygen atoms in total. The molecule has 2 aromatic heterocycles. The summed E-state index contributed by atoms with van der Waals surface area (Å²) in [6.07, 6.45) is 6.11. The molecule has 0 saturated heterocycles. The maximum atomic E-state index is 15.1. The molecule has 1 fully saturated rings. The molecule has 5 rings (SSSR count). The predicted octanol–water partition coefficient (Wildman–Crippen LogP) is 6.05. The van der Waals surface area contributed by atoms with Crippen LogP contribution in [-0.2, 0) is 15.6 Å². The molecule has 1 saturated carbocycles. The summed E-state index contributed by atoms with van der Waals surface area (Å²) in [6, 6.07) is 13.4. The molecule has 0 atom stereocenters. The fraction of sp³-hybridized carbons (Fsp3) is 0.345. The third kappa shape index (κ3) is 6.05. The van der Waals surface area contributed by atoms with Crippen LogP contribution in [0.2, 0.25) is 5.02 Å². The number of aromatic nitrogens is 3. The fourth-order valence-corrected chi connectivity index (χ4v) is 7.06. The Morgan fingerprint density at radius 2 is 1.79 bits per heavy atom. The number of fused-ring (bicyclic) bond motifs is 1. The molecular formula is C29H31ClFN5O2S. The summed E-state index contributed by atoms with van der Waals surface area (Å²) < 4.78 is 40.7. The van der Waals surface area contributed by atoms with Crippen molar-refractivity contribution in [2.24, 2.45) is 0 Å². The number of anilines is 1. The van der Waals surface area contributed by atoms with Gasteiger partial charge in [0, 0.05) is 23.2 Å². The van der Waals surface area contributed by atoms with E-state index in [2.05, 4.69) is 34.3 Å². The number of halogens is 2. The third-order valence-electron chi connectivity index (χ3n) is 7.36. The van der Waals surface area contributed by atoms with Gasteiger partial charge >= 0.3 is 0 Å². The van der Waals surface area contributed by atoms with E-state index >= 15 is 4.39 Å². The Bertz CT molecular complexity index is 1620. The highest BCUT2D eigenvalue weighted by Crippen LogP contribution is 2.29. The molecule has 0 unspecified atom stereocenters. The second-order valence-corrected chi connectivity index (χ2v) is 12.7. The van der Waals surface area contributed by atoms with Crippen molar-refractivity contribution in [2.45, 2.75) is 55.3 Å². The minimum Gasteiger partial charge on any atom is -0.351 e. The average molecular weight is 568 g/mol. The summed E-state index contributed by atoms with van der Waals surface area (Å²) >= 11 is 6.06. The van der Waals surface area contributed by atoms with Crippen molar-refractivity contribution in [1.29, 1.82) is 0 Å². The molecule has 204 valence electrons. The number of nitrogens with one attached hydrogen (secondary N) is 1. The summed E-state index contributed by atoms with van der Waals surface area (Å²) in [5.41, 5.74) is 3.40. The van der Waals surface area contributed by atoms with Gasteiger partial charge in [-0.25, -0.2) is 27.8 Å². The van der Waals surface area contributed by atoms with Crippen LogP contribution in [0.5, 0.6) is 0 Å². The number of hydrogen-bond acceptors (Lipinski definition) is 7. The third-order valence-corrected chi connectivity index (χ3v) is 9.52. The summed E-state index contributed by atoms with van der Waals surface area (Å²) in [5, 5.41) is 3.59. The summed E-state index contributed by atoms with van der Waals surface area (Å²) in [6.45, 7) is 1.94. The number of sulfone groups is 1. The van der Waals surface area contributed by atoms with Gasteiger partial charge < -0.3 is 10.2 Å². The topological polar surface area (TPSA) is 88.1 Å². The zero-order valence-corrected chi connectivity index (χ0v) is 23.7. The Kier molecular flexibility index (Phi) is 7.84. The second-order valence-electron chi connectivity index (χ2n) is 10.4. The van der Waals surface area contributed by atoms with Gasteiger partial charge in [0.1, 0.15) is 11.3 Å². The first-order chi connectivity index (χ1) is 18.6. The van der Waals surface area contributed by atoms with Crippen molar-refractivity contribution < 1.29 is 12.8 Å². The normalized spacial score (nSPS) is 18.0. The van der Waals surface area contributed by atoms with Gasteiger partial charge in [0.25, 0.3) is 0 Å². The van der Waals surface area contributed by atoms with Crippen molar-refractivity contribution in [3.8, 4) is 11.3 Å². The van der Waals surface area contributed by atoms with Crippen molar-refractivity contribution in [1.82, 2.24) is 19.9 Å². The van der Waals surface area contributed by atoms with E-state index in [1.165, 1.54) is 24.3 Å². The minimum absolute atomic E-state index is 0.0166. The lowest BCUT2D eigenvalue weighted by Gasteiger charge is -2.32. The summed E-state index contributed by atoms with van der Waals surface area (Å²) in [5.74, 6) is -0.529. The molecule has 2 heterocycles. The average Bonchev–Trinajstić information content (AvgIpc) is 2.90. The number of aryl methyl sites for hydroxylation is 1. The van der Waals surface area contributed by atoms with E-state index < -0.39 is 21.4 Å². The molecule has 0 radical (unpaired) electrons. The fourth-order valence-electron chi connectivity index (χ4n) is 5.12. The Hall–Kier alpha value is -3.14. The lowest BCUT2D eigenvalue weighted by atomic mass is 9.91. The Balaban J connectivity index is 1.34. The minimum atomic E-state index is -3.81. The van der Waals surface area contributed by atoms with Gasteiger partial charge in [-0.05, 0) is 76.5 Å². The molecule has 39 heavy (non-hydrogen) atoms. The molecule has 2 aromatic carbocycles. The molecule has 1 N–H and O–H groups in total. The standard InChI is InChI=1S/C29H31ClFN5O2S/c1-18-14-25(19-8-9-20(24(31)15-19)17-39(37,38)27-7-5-4-6-23(27)30)34-26-16-32-29(35-28(18)26)33-21-10-12-22(13-11-21)36(2)3/h4-9,14-16,21-22H,10-13,17H2,1-3H3,(H,32,33,35). The first-order valence-electron chi connectivity index (χ1n) is 12.9. The van der Waals surface area contributed by atoms with E-state index in [9.17, 15) is 8.42 Å². The molecule has 0 bridgehead atoms.